The molecule has 0 amide bonds. The monoisotopic (exact) mass is 408 g/mol. The normalized spacial score (nSPS) is 12.3. The molecule has 11 heteroatoms. The lowest BCUT2D eigenvalue weighted by Crippen LogP contribution is -2.38. The molecule has 0 aliphatic heterocycles. The first-order valence-electron chi connectivity index (χ1n) is 7.18. The van der Waals surface area contributed by atoms with E-state index in [-0.39, 0.29) is 16.7 Å². The Morgan fingerprint density at radius 2 is 2.19 bits per heavy atom. The number of hydrogen-bond acceptors (Lipinski definition) is 4. The van der Waals surface area contributed by atoms with Gasteiger partial charge in [0.15, 0.2) is 4.47 Å². The van der Waals surface area contributed by atoms with Crippen LogP contribution in [0.1, 0.15) is 20.9 Å². The highest BCUT2D eigenvalue weighted by molar-refractivity contribution is 7.15. The summed E-state index contributed by atoms with van der Waals surface area (Å²) < 4.78 is 55.1. The minimum Gasteiger partial charge on any atom is -0.474 e. The van der Waals surface area contributed by atoms with Crippen LogP contribution in [-0.4, -0.2) is 32.8 Å². The summed E-state index contributed by atoms with van der Waals surface area (Å²) in [5.74, 6) is -7.95. The van der Waals surface area contributed by atoms with Crippen LogP contribution in [0.2, 0.25) is 4.47 Å². The lowest BCUT2D eigenvalue weighted by Gasteiger charge is -2.12. The fourth-order valence-electron chi connectivity index (χ4n) is 2.61. The van der Waals surface area contributed by atoms with Crippen LogP contribution in [0, 0.1) is 6.92 Å². The van der Waals surface area contributed by atoms with Gasteiger partial charge in [0.2, 0.25) is 0 Å². The van der Waals surface area contributed by atoms with Crippen LogP contribution in [0.25, 0.3) is 5.65 Å². The van der Waals surface area contributed by atoms with E-state index < -0.39 is 29.7 Å². The van der Waals surface area contributed by atoms with Crippen LogP contribution < -0.4 is 4.40 Å². The number of ketones is 1. The second kappa shape index (κ2) is 6.51. The van der Waals surface area contributed by atoms with E-state index in [1.807, 2.05) is 0 Å². The molecular weight excluding hydrogens is 398 g/mol. The zero-order valence-electron chi connectivity index (χ0n) is 13.1. The Kier molecular flexibility index (Phi) is 4.65. The third kappa shape index (κ3) is 2.92. The van der Waals surface area contributed by atoms with Gasteiger partial charge in [-0.3, -0.25) is 4.79 Å². The lowest BCUT2D eigenvalue weighted by molar-refractivity contribution is -0.521. The molecule has 0 unspecified atom stereocenters. The molecule has 5 nitrogen and oxygen atoms in total. The number of aromatic hydroxyl groups is 1. The first-order chi connectivity index (χ1) is 12.1. The summed E-state index contributed by atoms with van der Waals surface area (Å²) in [5.41, 5.74) is -0.158. The van der Waals surface area contributed by atoms with E-state index in [0.717, 1.165) is 20.3 Å². The molecule has 3 aromatic rings. The van der Waals surface area contributed by atoms with Crippen LogP contribution in [0.3, 0.4) is 0 Å². The number of fused-ring (bicyclic) bond motifs is 1. The van der Waals surface area contributed by atoms with Gasteiger partial charge in [0, 0.05) is 11.8 Å². The van der Waals surface area contributed by atoms with Gasteiger partial charge in [-0.25, -0.2) is 18.3 Å². The highest BCUT2D eigenvalue weighted by Gasteiger charge is 2.54. The number of Topliss-reactive ketones (excluding diaryl/α,β-unsaturated/α-hetero) is 1. The van der Waals surface area contributed by atoms with Crippen LogP contribution in [-0.2, 0) is 6.54 Å². The van der Waals surface area contributed by atoms with Crippen molar-refractivity contribution in [3.8, 4) is 5.88 Å². The van der Waals surface area contributed by atoms with E-state index >= 15 is 0 Å². The number of alkyl halides is 4. The van der Waals surface area contributed by atoms with Crippen molar-refractivity contribution in [2.45, 2.75) is 25.8 Å². The zero-order valence-corrected chi connectivity index (χ0v) is 14.7. The molecule has 0 saturated carbocycles. The van der Waals surface area contributed by atoms with Crippen molar-refractivity contribution >= 4 is 34.4 Å². The van der Waals surface area contributed by atoms with E-state index in [4.69, 9.17) is 11.6 Å². The van der Waals surface area contributed by atoms with E-state index in [1.54, 1.807) is 13.0 Å². The van der Waals surface area contributed by atoms with Crippen LogP contribution in [0.5, 0.6) is 5.88 Å². The maximum Gasteiger partial charge on any atom is 0.372 e. The van der Waals surface area contributed by atoms with Crippen molar-refractivity contribution in [1.29, 1.82) is 0 Å². The van der Waals surface area contributed by atoms with Gasteiger partial charge < -0.3 is 5.11 Å². The maximum absolute atomic E-state index is 13.7. The molecule has 0 bridgehead atoms. The van der Waals surface area contributed by atoms with Crippen molar-refractivity contribution in [3.05, 3.63) is 45.1 Å². The minimum atomic E-state index is -4.94. The Hall–Kier alpha value is -2.20. The number of hydrogen-bond donors (Lipinski definition) is 1. The van der Waals surface area contributed by atoms with Gasteiger partial charge in [-0.1, -0.05) is 11.6 Å². The molecular formula is C15H11ClF4N3O2S+. The number of carbonyl (C=O) groups excluding carboxylic acids is 1. The van der Waals surface area contributed by atoms with Gasteiger partial charge in [0.25, 0.3) is 17.1 Å². The topological polar surface area (TPSA) is 59.2 Å². The molecule has 3 heterocycles. The van der Waals surface area contributed by atoms with Gasteiger partial charge in [-0.15, -0.1) is 11.3 Å². The van der Waals surface area contributed by atoms with Crippen LogP contribution in [0.15, 0.2) is 24.5 Å². The third-order valence-corrected chi connectivity index (χ3v) is 4.86. The Labute approximate surface area is 153 Å². The molecule has 0 saturated heterocycles. The summed E-state index contributed by atoms with van der Waals surface area (Å²) in [6, 6.07) is 3.15. The number of aromatic nitrogens is 3. The third-order valence-electron chi connectivity index (χ3n) is 3.76. The molecule has 0 radical (unpaired) electrons. The summed E-state index contributed by atoms with van der Waals surface area (Å²) >= 11 is 6.79. The molecule has 0 aromatic carbocycles. The Morgan fingerprint density at radius 3 is 2.77 bits per heavy atom. The first-order valence-corrected chi connectivity index (χ1v) is 8.37. The van der Waals surface area contributed by atoms with E-state index in [2.05, 4.69) is 4.98 Å². The predicted molar refractivity (Wildman–Crippen MR) is 85.5 cm³/mol. The van der Waals surface area contributed by atoms with Crippen molar-refractivity contribution in [2.75, 3.05) is 0 Å². The minimum absolute atomic E-state index is 0.153. The zero-order chi connectivity index (χ0) is 19.2. The van der Waals surface area contributed by atoms with Gasteiger partial charge in [-0.2, -0.15) is 13.2 Å². The quantitative estimate of drug-likeness (QED) is 0.399. The Morgan fingerprint density at radius 1 is 1.50 bits per heavy atom. The SMILES string of the molecule is Cc1ccc[n+]2c(O)c(C(=O)C(F)(F)C(F)F)n(Cc3cnc(Cl)s3)c12. The highest BCUT2D eigenvalue weighted by atomic mass is 35.5. The number of rotatable bonds is 5. The van der Waals surface area contributed by atoms with Gasteiger partial charge >= 0.3 is 18.2 Å². The molecule has 138 valence electrons. The molecule has 0 aliphatic rings. The second-order valence-electron chi connectivity index (χ2n) is 5.48. The van der Waals surface area contributed by atoms with Crippen molar-refractivity contribution in [2.24, 2.45) is 0 Å². The number of pyridine rings is 1. The standard InChI is InChI=1S/C15H10ClF4N3O2S/c1-7-3-2-4-22-11(7)23(6-8-5-21-14(16)26-8)9(12(22)25)10(24)15(19,20)13(17)18/h2-5,13H,6H2,1H3/p+1. The lowest BCUT2D eigenvalue weighted by atomic mass is 10.1. The van der Waals surface area contributed by atoms with Crippen molar-refractivity contribution < 1.29 is 31.9 Å². The summed E-state index contributed by atoms with van der Waals surface area (Å²) in [4.78, 5) is 16.5. The summed E-state index contributed by atoms with van der Waals surface area (Å²) in [5, 5.41) is 10.3. The smallest absolute Gasteiger partial charge is 0.372 e. The molecule has 0 spiro atoms. The summed E-state index contributed by atoms with van der Waals surface area (Å²) in [7, 11) is 0. The number of imidazole rings is 1. The van der Waals surface area contributed by atoms with E-state index in [9.17, 15) is 27.5 Å². The number of aryl methyl sites for hydroxylation is 1. The fraction of sp³-hybridized carbons (Fsp3) is 0.267. The largest absolute Gasteiger partial charge is 0.474 e. The molecule has 3 rings (SSSR count). The molecule has 0 aliphatic carbocycles. The van der Waals surface area contributed by atoms with E-state index in [1.165, 1.54) is 18.5 Å². The molecule has 0 atom stereocenters. The van der Waals surface area contributed by atoms with Gasteiger partial charge in [0.1, 0.15) is 6.54 Å². The van der Waals surface area contributed by atoms with Crippen LogP contribution >= 0.6 is 22.9 Å². The van der Waals surface area contributed by atoms with Crippen molar-refractivity contribution in [3.63, 3.8) is 0 Å². The Bertz CT molecular complexity index is 1000. The molecule has 0 fully saturated rings. The van der Waals surface area contributed by atoms with E-state index in [0.29, 0.717) is 10.4 Å². The fourth-order valence-corrected chi connectivity index (χ4v) is 3.58. The number of halogens is 5. The predicted octanol–water partition coefficient (Wildman–Crippen LogP) is 3.48. The second-order valence-corrected chi connectivity index (χ2v) is 7.17. The van der Waals surface area contributed by atoms with Crippen molar-refractivity contribution in [1.82, 2.24) is 9.55 Å². The van der Waals surface area contributed by atoms with Gasteiger partial charge in [-0.05, 0) is 19.1 Å². The number of carbonyl (C=O) groups is 1. The van der Waals surface area contributed by atoms with Gasteiger partial charge in [0.05, 0.1) is 11.1 Å². The molecule has 3 aromatic heterocycles. The molecule has 1 N–H and O–H groups in total. The number of nitrogens with zero attached hydrogens (tertiary/aromatic N) is 3. The maximum atomic E-state index is 13.7. The average molecular weight is 409 g/mol. The Balaban J connectivity index is 2.27. The average Bonchev–Trinajstić information content (AvgIpc) is 3.09. The van der Waals surface area contributed by atoms with Crippen LogP contribution in [0.4, 0.5) is 17.6 Å². The summed E-state index contributed by atoms with van der Waals surface area (Å²) in [6.45, 7) is 1.48. The highest BCUT2D eigenvalue weighted by Crippen LogP contribution is 2.32. The first kappa shape index (κ1) is 18.6. The molecule has 26 heavy (non-hydrogen) atoms. The summed E-state index contributed by atoms with van der Waals surface area (Å²) in [6.07, 6.45) is -1.49. The number of thiazole rings is 1.